The number of ether oxygens (including phenoxy) is 3. The summed E-state index contributed by atoms with van der Waals surface area (Å²) >= 11 is 0. The van der Waals surface area contributed by atoms with Crippen LogP contribution in [-0.4, -0.2) is 37.4 Å². The average Bonchev–Trinajstić information content (AvgIpc) is 2.80. The summed E-state index contributed by atoms with van der Waals surface area (Å²) in [6.45, 7) is 1.05. The van der Waals surface area contributed by atoms with Crippen LogP contribution in [-0.2, 0) is 0 Å². The van der Waals surface area contributed by atoms with Crippen molar-refractivity contribution in [2.75, 3.05) is 20.3 Å². The van der Waals surface area contributed by atoms with Gasteiger partial charge < -0.3 is 14.2 Å². The molecule has 0 unspecified atom stereocenters. The molecule has 0 radical (unpaired) electrons. The molecule has 0 atom stereocenters. The predicted molar refractivity (Wildman–Crippen MR) is 114 cm³/mol. The SMILES string of the molecule is COc1cccc(OCCCOc2cccc(C=NNC(=O)c3ccncc3)c2)c1. The number of hydrogen-bond donors (Lipinski definition) is 1. The van der Waals surface area contributed by atoms with Gasteiger partial charge >= 0.3 is 0 Å². The monoisotopic (exact) mass is 405 g/mol. The molecule has 0 aliphatic heterocycles. The molecule has 7 heteroatoms. The number of rotatable bonds is 10. The molecule has 0 fully saturated rings. The number of nitrogens with one attached hydrogen (secondary N) is 1. The summed E-state index contributed by atoms with van der Waals surface area (Å²) < 4.78 is 16.6. The highest BCUT2D eigenvalue weighted by Crippen LogP contribution is 2.19. The highest BCUT2D eigenvalue weighted by Gasteiger charge is 2.02. The van der Waals surface area contributed by atoms with Gasteiger partial charge in [-0.1, -0.05) is 18.2 Å². The summed E-state index contributed by atoms with van der Waals surface area (Å²) in [5.74, 6) is 1.96. The lowest BCUT2D eigenvalue weighted by atomic mass is 10.2. The number of aromatic nitrogens is 1. The molecule has 3 rings (SSSR count). The van der Waals surface area contributed by atoms with Crippen LogP contribution in [0.5, 0.6) is 17.2 Å². The Bertz CT molecular complexity index is 977. The quantitative estimate of drug-likeness (QED) is 0.316. The lowest BCUT2D eigenvalue weighted by Crippen LogP contribution is -2.17. The molecule has 154 valence electrons. The van der Waals surface area contributed by atoms with Crippen molar-refractivity contribution in [2.24, 2.45) is 5.10 Å². The summed E-state index contributed by atoms with van der Waals surface area (Å²) in [4.78, 5) is 15.8. The van der Waals surface area contributed by atoms with Gasteiger partial charge in [0.05, 0.1) is 26.5 Å². The van der Waals surface area contributed by atoms with Crippen molar-refractivity contribution >= 4 is 12.1 Å². The van der Waals surface area contributed by atoms with Crippen LogP contribution >= 0.6 is 0 Å². The fraction of sp³-hybridized carbons (Fsp3) is 0.174. The highest BCUT2D eigenvalue weighted by atomic mass is 16.5. The fourth-order valence-corrected chi connectivity index (χ4v) is 2.55. The second-order valence-corrected chi connectivity index (χ2v) is 6.24. The maximum Gasteiger partial charge on any atom is 0.271 e. The number of amides is 1. The number of nitrogens with zero attached hydrogens (tertiary/aromatic N) is 2. The van der Waals surface area contributed by atoms with Gasteiger partial charge in [-0.25, -0.2) is 5.43 Å². The molecule has 0 saturated carbocycles. The molecule has 1 amide bonds. The van der Waals surface area contributed by atoms with Crippen molar-refractivity contribution < 1.29 is 19.0 Å². The van der Waals surface area contributed by atoms with Gasteiger partial charge in [0.25, 0.3) is 5.91 Å². The predicted octanol–water partition coefficient (Wildman–Crippen LogP) is 3.70. The maximum atomic E-state index is 11.9. The summed E-state index contributed by atoms with van der Waals surface area (Å²) in [6, 6.07) is 18.2. The van der Waals surface area contributed by atoms with Gasteiger partial charge in [0, 0.05) is 30.4 Å². The Labute approximate surface area is 175 Å². The minimum atomic E-state index is -0.294. The van der Waals surface area contributed by atoms with Crippen LogP contribution in [0.2, 0.25) is 0 Å². The Morgan fingerprint density at radius 3 is 2.37 bits per heavy atom. The second-order valence-electron chi connectivity index (χ2n) is 6.24. The summed E-state index contributed by atoms with van der Waals surface area (Å²) in [5.41, 5.74) is 3.80. The van der Waals surface area contributed by atoms with Crippen molar-refractivity contribution in [2.45, 2.75) is 6.42 Å². The summed E-state index contributed by atoms with van der Waals surface area (Å²) in [7, 11) is 1.63. The highest BCUT2D eigenvalue weighted by molar-refractivity contribution is 5.94. The van der Waals surface area contributed by atoms with Gasteiger partial charge in [-0.05, 0) is 42.0 Å². The second kappa shape index (κ2) is 11.2. The smallest absolute Gasteiger partial charge is 0.271 e. The van der Waals surface area contributed by atoms with Gasteiger partial charge in [-0.3, -0.25) is 9.78 Å². The summed E-state index contributed by atoms with van der Waals surface area (Å²) in [6.07, 6.45) is 5.41. The van der Waals surface area contributed by atoms with Gasteiger partial charge in [0.15, 0.2) is 0 Å². The van der Waals surface area contributed by atoms with Crippen LogP contribution < -0.4 is 19.6 Å². The van der Waals surface area contributed by atoms with Gasteiger partial charge in [0.2, 0.25) is 0 Å². The lowest BCUT2D eigenvalue weighted by Gasteiger charge is -2.09. The van der Waals surface area contributed by atoms with Crippen LogP contribution in [0.1, 0.15) is 22.3 Å². The van der Waals surface area contributed by atoms with E-state index in [4.69, 9.17) is 14.2 Å². The largest absolute Gasteiger partial charge is 0.497 e. The molecule has 0 aliphatic rings. The van der Waals surface area contributed by atoms with E-state index in [9.17, 15) is 4.79 Å². The number of pyridine rings is 1. The topological polar surface area (TPSA) is 82.0 Å². The minimum absolute atomic E-state index is 0.294. The number of carbonyl (C=O) groups excluding carboxylic acids is 1. The molecule has 0 spiro atoms. The van der Waals surface area contributed by atoms with Crippen LogP contribution in [0, 0.1) is 0 Å². The molecule has 0 aliphatic carbocycles. The average molecular weight is 405 g/mol. The molecule has 1 aromatic heterocycles. The first kappa shape index (κ1) is 20.9. The van der Waals surface area contributed by atoms with Crippen LogP contribution in [0.15, 0.2) is 78.2 Å². The van der Waals surface area contributed by atoms with E-state index >= 15 is 0 Å². The molecule has 7 nitrogen and oxygen atoms in total. The molecule has 2 aromatic carbocycles. The first-order valence-corrected chi connectivity index (χ1v) is 9.48. The van der Waals surface area contributed by atoms with E-state index in [-0.39, 0.29) is 5.91 Å². The number of benzene rings is 2. The van der Waals surface area contributed by atoms with Crippen molar-refractivity contribution in [1.82, 2.24) is 10.4 Å². The zero-order chi connectivity index (χ0) is 21.0. The molecule has 0 bridgehead atoms. The number of methoxy groups -OCH3 is 1. The van der Waals surface area contributed by atoms with Gasteiger partial charge in [-0.2, -0.15) is 5.10 Å². The van der Waals surface area contributed by atoms with Crippen molar-refractivity contribution in [3.05, 3.63) is 84.2 Å². The van der Waals surface area contributed by atoms with Crippen LogP contribution in [0.25, 0.3) is 0 Å². The molecule has 1 N–H and O–H groups in total. The normalized spacial score (nSPS) is 10.6. The first-order chi connectivity index (χ1) is 14.7. The Morgan fingerprint density at radius 2 is 1.63 bits per heavy atom. The van der Waals surface area contributed by atoms with E-state index in [1.54, 1.807) is 37.9 Å². The van der Waals surface area contributed by atoms with E-state index in [0.717, 1.165) is 29.2 Å². The number of hydrazone groups is 1. The number of carbonyl (C=O) groups is 1. The van der Waals surface area contributed by atoms with Gasteiger partial charge in [-0.15, -0.1) is 0 Å². The lowest BCUT2D eigenvalue weighted by molar-refractivity contribution is 0.0955. The maximum absolute atomic E-state index is 11.9. The van der Waals surface area contributed by atoms with Crippen molar-refractivity contribution in [3.8, 4) is 17.2 Å². The van der Waals surface area contributed by atoms with E-state index in [1.807, 2.05) is 48.5 Å². The van der Waals surface area contributed by atoms with E-state index < -0.39 is 0 Å². The molecule has 30 heavy (non-hydrogen) atoms. The summed E-state index contributed by atoms with van der Waals surface area (Å²) in [5, 5.41) is 3.99. The molecule has 1 heterocycles. The van der Waals surface area contributed by atoms with Gasteiger partial charge in [0.1, 0.15) is 17.2 Å². The van der Waals surface area contributed by atoms with E-state index in [0.29, 0.717) is 18.8 Å². The third kappa shape index (κ3) is 6.63. The standard InChI is InChI=1S/C23H23N3O4/c1-28-20-6-3-8-22(16-20)30-14-4-13-29-21-7-2-5-18(15-21)17-25-26-23(27)19-9-11-24-12-10-19/h2-3,5-12,15-17H,4,13-14H2,1H3,(H,26,27). The van der Waals surface area contributed by atoms with E-state index in [1.165, 1.54) is 0 Å². The third-order valence-electron chi connectivity index (χ3n) is 4.05. The molecule has 0 saturated heterocycles. The zero-order valence-corrected chi connectivity index (χ0v) is 16.7. The van der Waals surface area contributed by atoms with Crippen molar-refractivity contribution in [1.29, 1.82) is 0 Å². The first-order valence-electron chi connectivity index (χ1n) is 9.48. The van der Waals surface area contributed by atoms with Crippen molar-refractivity contribution in [3.63, 3.8) is 0 Å². The minimum Gasteiger partial charge on any atom is -0.497 e. The molecular formula is C23H23N3O4. The van der Waals surface area contributed by atoms with Crippen LogP contribution in [0.3, 0.4) is 0 Å². The number of hydrogen-bond acceptors (Lipinski definition) is 6. The Kier molecular flexibility index (Phi) is 7.79. The Hall–Kier alpha value is -3.87. The van der Waals surface area contributed by atoms with E-state index in [2.05, 4.69) is 15.5 Å². The molecule has 3 aromatic rings. The van der Waals surface area contributed by atoms with Crippen LogP contribution in [0.4, 0.5) is 0 Å². The zero-order valence-electron chi connectivity index (χ0n) is 16.7. The third-order valence-corrected chi connectivity index (χ3v) is 4.05. The fourth-order valence-electron chi connectivity index (χ4n) is 2.55. The Balaban J connectivity index is 1.41. The molecular weight excluding hydrogens is 382 g/mol. The Morgan fingerprint density at radius 1 is 0.967 bits per heavy atom.